The summed E-state index contributed by atoms with van der Waals surface area (Å²) in [7, 11) is 5.55. The number of aromatic nitrogens is 1. The summed E-state index contributed by atoms with van der Waals surface area (Å²) in [5.74, 6) is 2.27. The normalized spacial score (nSPS) is 15.4. The van der Waals surface area contributed by atoms with Crippen molar-refractivity contribution in [1.29, 1.82) is 0 Å². The van der Waals surface area contributed by atoms with Crippen LogP contribution in [0.1, 0.15) is 0 Å². The number of amides is 2. The maximum absolute atomic E-state index is 12.3. The molecule has 1 atom stereocenters. The number of benzene rings is 1. The fourth-order valence-corrected chi connectivity index (χ4v) is 2.48. The van der Waals surface area contributed by atoms with Gasteiger partial charge < -0.3 is 24.6 Å². The third-order valence-corrected chi connectivity index (χ3v) is 3.85. The van der Waals surface area contributed by atoms with Crippen LogP contribution in [0.4, 0.5) is 16.3 Å². The molecule has 0 saturated carbocycles. The van der Waals surface area contributed by atoms with E-state index in [2.05, 4.69) is 10.3 Å². The van der Waals surface area contributed by atoms with E-state index in [0.29, 0.717) is 24.6 Å². The summed E-state index contributed by atoms with van der Waals surface area (Å²) in [5, 5.41) is 2.83. The zero-order valence-corrected chi connectivity index (χ0v) is 14.6. The molecule has 7 nitrogen and oxygen atoms in total. The topological polar surface area (TPSA) is 66.9 Å². The average molecular weight is 342 g/mol. The molecule has 0 radical (unpaired) electrons. The number of pyridine rings is 1. The van der Waals surface area contributed by atoms with Crippen molar-refractivity contribution in [2.24, 2.45) is 0 Å². The third kappa shape index (κ3) is 4.12. The first-order valence-electron chi connectivity index (χ1n) is 8.07. The highest BCUT2D eigenvalue weighted by Crippen LogP contribution is 2.30. The molecule has 1 aromatic heterocycles. The van der Waals surface area contributed by atoms with Gasteiger partial charge in [0.05, 0.1) is 18.4 Å². The maximum Gasteiger partial charge on any atom is 0.321 e. The number of urea groups is 1. The number of nitrogens with one attached hydrogen (secondary N) is 1. The standard InChI is InChI=1S/C18H22N4O3/c1-21(2)17-9-8-13(10-19-17)20-18(23)22(3)11-14-12-24-15-6-4-5-7-16(15)25-14/h4-10,14H,11-12H2,1-3H3,(H,20,23). The second-order valence-corrected chi connectivity index (χ2v) is 6.11. The zero-order valence-electron chi connectivity index (χ0n) is 14.6. The fourth-order valence-electron chi connectivity index (χ4n) is 2.48. The van der Waals surface area contributed by atoms with Crippen molar-refractivity contribution in [3.63, 3.8) is 0 Å². The van der Waals surface area contributed by atoms with Gasteiger partial charge in [-0.05, 0) is 24.3 Å². The summed E-state index contributed by atoms with van der Waals surface area (Å²) in [6.45, 7) is 0.830. The van der Waals surface area contributed by atoms with Gasteiger partial charge in [0.15, 0.2) is 17.6 Å². The molecule has 1 aliphatic heterocycles. The van der Waals surface area contributed by atoms with Crippen molar-refractivity contribution in [3.8, 4) is 11.5 Å². The van der Waals surface area contributed by atoms with Gasteiger partial charge in [0, 0.05) is 21.1 Å². The van der Waals surface area contributed by atoms with E-state index in [-0.39, 0.29) is 12.1 Å². The number of carbonyl (C=O) groups is 1. The molecule has 0 spiro atoms. The molecule has 3 rings (SSSR count). The summed E-state index contributed by atoms with van der Waals surface area (Å²) >= 11 is 0. The van der Waals surface area contributed by atoms with Crippen LogP contribution in [0.5, 0.6) is 11.5 Å². The molecule has 0 bridgehead atoms. The van der Waals surface area contributed by atoms with Crippen LogP contribution in [-0.4, -0.2) is 56.3 Å². The first-order valence-corrected chi connectivity index (χ1v) is 8.07. The number of rotatable bonds is 4. The van der Waals surface area contributed by atoms with E-state index in [1.54, 1.807) is 18.1 Å². The molecule has 0 aliphatic carbocycles. The van der Waals surface area contributed by atoms with Gasteiger partial charge in [-0.25, -0.2) is 9.78 Å². The predicted molar refractivity (Wildman–Crippen MR) is 96.6 cm³/mol. The Morgan fingerprint density at radius 1 is 1.20 bits per heavy atom. The number of carbonyl (C=O) groups excluding carboxylic acids is 1. The van der Waals surface area contributed by atoms with Crippen LogP contribution in [0.2, 0.25) is 0 Å². The lowest BCUT2D eigenvalue weighted by atomic mass is 10.2. The van der Waals surface area contributed by atoms with Crippen molar-refractivity contribution in [1.82, 2.24) is 9.88 Å². The van der Waals surface area contributed by atoms with Crippen LogP contribution in [-0.2, 0) is 0 Å². The minimum Gasteiger partial charge on any atom is -0.486 e. The minimum atomic E-state index is -0.220. The molecule has 1 aromatic carbocycles. The zero-order chi connectivity index (χ0) is 17.8. The van der Waals surface area contributed by atoms with Crippen molar-refractivity contribution in [2.75, 3.05) is 44.5 Å². The number of fused-ring (bicyclic) bond motifs is 1. The Balaban J connectivity index is 1.54. The Bertz CT molecular complexity index is 733. The monoisotopic (exact) mass is 342 g/mol. The summed E-state index contributed by atoms with van der Waals surface area (Å²) < 4.78 is 11.6. The van der Waals surface area contributed by atoms with Crippen molar-refractivity contribution >= 4 is 17.5 Å². The largest absolute Gasteiger partial charge is 0.486 e. The molecule has 2 heterocycles. The summed E-state index contributed by atoms with van der Waals surface area (Å²) in [6.07, 6.45) is 1.43. The van der Waals surface area contributed by atoms with Gasteiger partial charge in [-0.3, -0.25) is 0 Å². The first kappa shape index (κ1) is 16.9. The van der Waals surface area contributed by atoms with E-state index in [4.69, 9.17) is 9.47 Å². The van der Waals surface area contributed by atoms with Gasteiger partial charge in [0.25, 0.3) is 0 Å². The van der Waals surface area contributed by atoms with E-state index in [1.165, 1.54) is 0 Å². The highest BCUT2D eigenvalue weighted by Gasteiger charge is 2.23. The van der Waals surface area contributed by atoms with Gasteiger partial charge in [-0.1, -0.05) is 12.1 Å². The molecule has 0 saturated heterocycles. The van der Waals surface area contributed by atoms with Crippen LogP contribution < -0.4 is 19.7 Å². The first-order chi connectivity index (χ1) is 12.0. The summed E-state index contributed by atoms with van der Waals surface area (Å²) in [4.78, 5) is 20.1. The Morgan fingerprint density at radius 2 is 1.96 bits per heavy atom. The third-order valence-electron chi connectivity index (χ3n) is 3.85. The Hall–Kier alpha value is -2.96. The van der Waals surface area contributed by atoms with Gasteiger partial charge in [0.2, 0.25) is 0 Å². The number of hydrogen-bond donors (Lipinski definition) is 1. The Morgan fingerprint density at radius 3 is 2.64 bits per heavy atom. The highest BCUT2D eigenvalue weighted by molar-refractivity contribution is 5.89. The molecular formula is C18H22N4O3. The summed E-state index contributed by atoms with van der Waals surface area (Å²) in [6, 6.07) is 11.0. The molecule has 7 heteroatoms. The fraction of sp³-hybridized carbons (Fsp3) is 0.333. The average Bonchev–Trinajstić information content (AvgIpc) is 2.62. The molecule has 25 heavy (non-hydrogen) atoms. The molecule has 1 unspecified atom stereocenters. The molecule has 1 aliphatic rings. The minimum absolute atomic E-state index is 0.208. The van der Waals surface area contributed by atoms with E-state index in [0.717, 1.165) is 11.6 Å². The molecular weight excluding hydrogens is 320 g/mol. The second kappa shape index (κ2) is 7.29. The van der Waals surface area contributed by atoms with Crippen LogP contribution in [0.3, 0.4) is 0 Å². The lowest BCUT2D eigenvalue weighted by Gasteiger charge is -2.29. The van der Waals surface area contributed by atoms with E-state index in [1.807, 2.05) is 55.4 Å². The van der Waals surface area contributed by atoms with Gasteiger partial charge in [-0.2, -0.15) is 0 Å². The Labute approximate surface area is 147 Å². The molecule has 132 valence electrons. The van der Waals surface area contributed by atoms with Crippen molar-refractivity contribution < 1.29 is 14.3 Å². The van der Waals surface area contributed by atoms with Gasteiger partial charge in [0.1, 0.15) is 12.4 Å². The van der Waals surface area contributed by atoms with Gasteiger partial charge >= 0.3 is 6.03 Å². The van der Waals surface area contributed by atoms with Crippen LogP contribution >= 0.6 is 0 Å². The van der Waals surface area contributed by atoms with Crippen LogP contribution in [0.25, 0.3) is 0 Å². The number of hydrogen-bond acceptors (Lipinski definition) is 5. The lowest BCUT2D eigenvalue weighted by Crippen LogP contribution is -2.43. The van der Waals surface area contributed by atoms with Crippen molar-refractivity contribution in [2.45, 2.75) is 6.10 Å². The number of likely N-dealkylation sites (N-methyl/N-ethyl adjacent to an activating group) is 1. The van der Waals surface area contributed by atoms with E-state index >= 15 is 0 Å². The van der Waals surface area contributed by atoms with Gasteiger partial charge in [-0.15, -0.1) is 0 Å². The summed E-state index contributed by atoms with van der Waals surface area (Å²) in [5.41, 5.74) is 0.647. The lowest BCUT2D eigenvalue weighted by molar-refractivity contribution is 0.0731. The van der Waals surface area contributed by atoms with E-state index in [9.17, 15) is 4.79 Å². The molecule has 1 N–H and O–H groups in total. The quantitative estimate of drug-likeness (QED) is 0.924. The predicted octanol–water partition coefficient (Wildman–Crippen LogP) is 2.45. The molecule has 2 amide bonds. The highest BCUT2D eigenvalue weighted by atomic mass is 16.6. The Kier molecular flexibility index (Phi) is 4.92. The second-order valence-electron chi connectivity index (χ2n) is 6.11. The SMILES string of the molecule is CN(CC1COc2ccccc2O1)C(=O)Nc1ccc(N(C)C)nc1. The molecule has 2 aromatic rings. The number of nitrogens with zero attached hydrogens (tertiary/aromatic N) is 3. The number of ether oxygens (including phenoxy) is 2. The maximum atomic E-state index is 12.3. The smallest absolute Gasteiger partial charge is 0.321 e. The van der Waals surface area contributed by atoms with Crippen LogP contribution in [0, 0.1) is 0 Å². The number of anilines is 2. The van der Waals surface area contributed by atoms with Crippen LogP contribution in [0.15, 0.2) is 42.6 Å². The molecule has 0 fully saturated rings. The number of para-hydroxylation sites is 2. The van der Waals surface area contributed by atoms with Crippen molar-refractivity contribution in [3.05, 3.63) is 42.6 Å². The van der Waals surface area contributed by atoms with E-state index < -0.39 is 0 Å².